The molecular weight excluding hydrogens is 910 g/mol. The smallest absolute Gasteiger partial charge is 0.252 e. The van der Waals surface area contributed by atoms with E-state index in [1.165, 1.54) is 127 Å². The molecule has 2 aliphatic heterocycles. The molecule has 10 aromatic rings. The summed E-state index contributed by atoms with van der Waals surface area (Å²) >= 11 is 0. The van der Waals surface area contributed by atoms with E-state index >= 15 is 0 Å². The van der Waals surface area contributed by atoms with Gasteiger partial charge in [0.2, 0.25) is 0 Å². The number of hydrogen-bond donors (Lipinski definition) is 0. The van der Waals surface area contributed by atoms with Crippen LogP contribution in [0.5, 0.6) is 0 Å². The Labute approximate surface area is 446 Å². The van der Waals surface area contributed by atoms with Crippen LogP contribution >= 0.6 is 0 Å². The van der Waals surface area contributed by atoms with Gasteiger partial charge in [-0.25, -0.2) is 15.0 Å². The Morgan fingerprint density at radius 2 is 0.720 bits per heavy atom. The van der Waals surface area contributed by atoms with Gasteiger partial charge in [-0.05, 0) is 141 Å². The van der Waals surface area contributed by atoms with Crippen LogP contribution in [0.25, 0.3) is 88.6 Å². The zero-order valence-corrected chi connectivity index (χ0v) is 47.9. The monoisotopic (exact) mass is 984 g/mol. The molecule has 0 unspecified atom stereocenters. The van der Waals surface area contributed by atoms with Crippen molar-refractivity contribution in [3.05, 3.63) is 155 Å². The number of aromatic nitrogens is 5. The van der Waals surface area contributed by atoms with Gasteiger partial charge < -0.3 is 9.13 Å². The van der Waals surface area contributed by atoms with Gasteiger partial charge in [-0.3, -0.25) is 0 Å². The van der Waals surface area contributed by atoms with Crippen molar-refractivity contribution in [3.8, 4) is 45.0 Å². The van der Waals surface area contributed by atoms with Crippen molar-refractivity contribution in [3.63, 3.8) is 0 Å². The number of nitrogens with zero attached hydrogens (tertiary/aromatic N) is 5. The molecule has 0 saturated heterocycles. The molecule has 7 aromatic carbocycles. The summed E-state index contributed by atoms with van der Waals surface area (Å²) in [4.78, 5) is 14.0. The third kappa shape index (κ3) is 7.66. The second-order valence-electron chi connectivity index (χ2n) is 28.4. The molecule has 0 spiro atoms. The maximum Gasteiger partial charge on any atom is 0.252 e. The van der Waals surface area contributed by atoms with Crippen LogP contribution in [-0.4, -0.2) is 30.8 Å². The molecule has 5 nitrogen and oxygen atoms in total. The van der Waals surface area contributed by atoms with E-state index < -0.39 is 0 Å². The highest BCUT2D eigenvalue weighted by atomic mass is 15.0. The van der Waals surface area contributed by atoms with Gasteiger partial charge in [0.05, 0.1) is 11.0 Å². The Morgan fingerprint density at radius 3 is 1.07 bits per heavy atom. The van der Waals surface area contributed by atoms with Crippen molar-refractivity contribution >= 4 is 66.7 Å². The molecule has 0 saturated carbocycles. The molecule has 0 amide bonds. The molecule has 0 aliphatic carbocycles. The summed E-state index contributed by atoms with van der Waals surface area (Å²) in [6.45, 7) is 42.1. The van der Waals surface area contributed by atoms with E-state index in [2.05, 4.69) is 248 Å². The van der Waals surface area contributed by atoms with Crippen molar-refractivity contribution in [2.24, 2.45) is 0 Å². The zero-order valence-electron chi connectivity index (χ0n) is 47.9. The predicted octanol–water partition coefficient (Wildman–Crippen LogP) is 16.0. The van der Waals surface area contributed by atoms with Crippen LogP contribution in [0.1, 0.15) is 158 Å². The van der Waals surface area contributed by atoms with Gasteiger partial charge in [0.15, 0.2) is 5.82 Å². The Balaban J connectivity index is 1.27. The van der Waals surface area contributed by atoms with Gasteiger partial charge in [0.25, 0.3) is 6.71 Å². The maximum absolute atomic E-state index is 4.85. The fourth-order valence-corrected chi connectivity index (χ4v) is 12.3. The molecule has 3 aromatic heterocycles. The minimum Gasteiger partial charge on any atom is -0.310 e. The number of benzene rings is 7. The van der Waals surface area contributed by atoms with E-state index in [-0.39, 0.29) is 39.2 Å². The SMILES string of the molecule is CC(C)(C)c1cc(-c2ccc3c4c2c2cc(C(C)(C)C)ccc2n4-c2cc(-c4ncncn4)cc4c2B3c2ccc(-c3cc(C(C)(C)C)cc(C(C)(C)C)c3)c3c5cc(C(C)(C)C)ccc5n-4c23)cc(C(C)(C)C)c1. The molecule has 5 heterocycles. The molecule has 0 atom stereocenters. The van der Waals surface area contributed by atoms with E-state index in [0.717, 1.165) is 5.56 Å². The third-order valence-corrected chi connectivity index (χ3v) is 16.8. The summed E-state index contributed by atoms with van der Waals surface area (Å²) in [5.41, 5.74) is 25.1. The fraction of sp³-hybridized carbons (Fsp3) is 0.348. The van der Waals surface area contributed by atoms with Crippen LogP contribution in [0.15, 0.2) is 122 Å². The molecule has 0 radical (unpaired) electrons. The highest BCUT2D eigenvalue weighted by Gasteiger charge is 2.43. The van der Waals surface area contributed by atoms with Crippen LogP contribution < -0.4 is 16.4 Å². The highest BCUT2D eigenvalue weighted by molar-refractivity contribution is 7.00. The summed E-state index contributed by atoms with van der Waals surface area (Å²) in [7, 11) is 0. The topological polar surface area (TPSA) is 48.5 Å². The lowest BCUT2D eigenvalue weighted by molar-refractivity contribution is 0.568. The van der Waals surface area contributed by atoms with E-state index in [1.807, 2.05) is 0 Å². The van der Waals surface area contributed by atoms with Gasteiger partial charge in [0, 0.05) is 49.5 Å². The summed E-state index contributed by atoms with van der Waals surface area (Å²) in [6, 6.07) is 44.0. The summed E-state index contributed by atoms with van der Waals surface area (Å²) in [5, 5.41) is 5.17. The summed E-state index contributed by atoms with van der Waals surface area (Å²) < 4.78 is 5.22. The Hall–Kier alpha value is -6.79. The largest absolute Gasteiger partial charge is 0.310 e. The second-order valence-corrected chi connectivity index (χ2v) is 28.4. The first-order valence-corrected chi connectivity index (χ1v) is 27.4. The quantitative estimate of drug-likeness (QED) is 0.166. The van der Waals surface area contributed by atoms with Gasteiger partial charge in [-0.2, -0.15) is 0 Å². The van der Waals surface area contributed by atoms with Crippen molar-refractivity contribution in [2.45, 2.75) is 157 Å². The molecule has 75 heavy (non-hydrogen) atoms. The first kappa shape index (κ1) is 49.1. The third-order valence-electron chi connectivity index (χ3n) is 16.8. The minimum atomic E-state index is -0.0644. The van der Waals surface area contributed by atoms with Crippen LogP contribution in [0.4, 0.5) is 0 Å². The second kappa shape index (κ2) is 15.9. The normalized spacial score (nSPS) is 14.0. The van der Waals surface area contributed by atoms with E-state index in [1.54, 1.807) is 12.7 Å². The Morgan fingerprint density at radius 1 is 0.360 bits per heavy atom. The predicted molar refractivity (Wildman–Crippen MR) is 322 cm³/mol. The summed E-state index contributed by atoms with van der Waals surface area (Å²) in [6.07, 6.45) is 3.26. The summed E-state index contributed by atoms with van der Waals surface area (Å²) in [5.74, 6) is 0.660. The Bertz CT molecular complexity index is 3740. The lowest BCUT2D eigenvalue weighted by Gasteiger charge is -2.34. The lowest BCUT2D eigenvalue weighted by Crippen LogP contribution is -2.59. The Kier molecular flexibility index (Phi) is 10.4. The highest BCUT2D eigenvalue weighted by Crippen LogP contribution is 2.48. The van der Waals surface area contributed by atoms with Gasteiger partial charge in [-0.15, -0.1) is 0 Å². The first-order valence-electron chi connectivity index (χ1n) is 27.4. The molecule has 0 fully saturated rings. The molecule has 0 bridgehead atoms. The fourth-order valence-electron chi connectivity index (χ4n) is 12.3. The first-order chi connectivity index (χ1) is 35.0. The van der Waals surface area contributed by atoms with Gasteiger partial charge in [-0.1, -0.05) is 197 Å². The average Bonchev–Trinajstić information content (AvgIpc) is 3.86. The molecular formula is C69H74BN5. The zero-order chi connectivity index (χ0) is 53.4. The molecule has 0 N–H and O–H groups in total. The molecule has 6 heteroatoms. The molecule has 12 rings (SSSR count). The van der Waals surface area contributed by atoms with E-state index in [4.69, 9.17) is 9.97 Å². The lowest BCUT2D eigenvalue weighted by atomic mass is 9.34. The number of rotatable bonds is 3. The molecule has 2 aliphatic rings. The van der Waals surface area contributed by atoms with Crippen molar-refractivity contribution in [1.29, 1.82) is 0 Å². The standard InChI is InChI=1S/C69H74BN5/c1-64(2,3)42-19-25-54-50(35-42)58-48(39-27-44(66(7,8)9)33-45(28-39)67(10,11)12)21-23-52-61(58)74(54)56-31-41(63-72-37-71-38-73-63)32-57-60(56)70(52)53-24-22-49(40-29-46(68(13,14)15)34-47(30-40)69(16,17)18)59-51-36-43(65(4,5)6)20-26-55(51)75(57)62(53)59/h19-38H,1-18H3. The van der Waals surface area contributed by atoms with Crippen molar-refractivity contribution < 1.29 is 0 Å². The van der Waals surface area contributed by atoms with Crippen LogP contribution in [-0.2, 0) is 32.5 Å². The number of fused-ring (bicyclic) bond motifs is 10. The average molecular weight is 984 g/mol. The van der Waals surface area contributed by atoms with Crippen molar-refractivity contribution in [2.75, 3.05) is 0 Å². The van der Waals surface area contributed by atoms with Gasteiger partial charge >= 0.3 is 0 Å². The van der Waals surface area contributed by atoms with Crippen LogP contribution in [0, 0.1) is 0 Å². The van der Waals surface area contributed by atoms with Gasteiger partial charge in [0.1, 0.15) is 12.7 Å². The number of hydrogen-bond acceptors (Lipinski definition) is 3. The maximum atomic E-state index is 4.85. The van der Waals surface area contributed by atoms with E-state index in [9.17, 15) is 0 Å². The minimum absolute atomic E-state index is 0.0389. The van der Waals surface area contributed by atoms with E-state index in [0.29, 0.717) is 5.82 Å². The van der Waals surface area contributed by atoms with Crippen molar-refractivity contribution in [1.82, 2.24) is 24.1 Å². The van der Waals surface area contributed by atoms with Crippen LogP contribution in [0.3, 0.4) is 0 Å². The van der Waals surface area contributed by atoms with Crippen LogP contribution in [0.2, 0.25) is 0 Å². The molecule has 378 valence electrons.